The number of rotatable bonds is 8. The van der Waals surface area contributed by atoms with Crippen LogP contribution < -0.4 is 0 Å². The molecule has 0 spiro atoms. The molecular formula is C12H26O2. The van der Waals surface area contributed by atoms with Crippen LogP contribution in [0.2, 0.25) is 0 Å². The summed E-state index contributed by atoms with van der Waals surface area (Å²) in [5.41, 5.74) is 0. The molecule has 0 aromatic heterocycles. The van der Waals surface area contributed by atoms with Crippen molar-refractivity contribution < 1.29 is 9.47 Å². The predicted octanol–water partition coefficient (Wildman–Crippen LogP) is 2.97. The molecule has 14 heavy (non-hydrogen) atoms. The molecular weight excluding hydrogens is 176 g/mol. The molecule has 0 fully saturated rings. The molecule has 0 aromatic rings. The minimum Gasteiger partial charge on any atom is -0.384 e. The van der Waals surface area contributed by atoms with Gasteiger partial charge in [0, 0.05) is 27.4 Å². The van der Waals surface area contributed by atoms with E-state index in [-0.39, 0.29) is 0 Å². The molecule has 0 saturated heterocycles. The number of ether oxygens (including phenoxy) is 2. The Morgan fingerprint density at radius 1 is 1.00 bits per heavy atom. The molecule has 0 amide bonds. The Morgan fingerprint density at radius 2 is 1.57 bits per heavy atom. The van der Waals surface area contributed by atoms with E-state index in [0.29, 0.717) is 17.8 Å². The van der Waals surface area contributed by atoms with E-state index in [9.17, 15) is 0 Å². The second kappa shape index (κ2) is 8.25. The molecule has 0 rings (SSSR count). The summed E-state index contributed by atoms with van der Waals surface area (Å²) in [7, 11) is 3.57. The van der Waals surface area contributed by atoms with Crippen LogP contribution in [-0.2, 0) is 9.47 Å². The third-order valence-corrected chi connectivity index (χ3v) is 2.86. The fourth-order valence-corrected chi connectivity index (χ4v) is 2.07. The SMILES string of the molecule is CCCC(COC)C(COC)C(C)C. The standard InChI is InChI=1S/C12H26O2/c1-6-7-11(8-13-4)12(9-14-5)10(2)3/h10-12H,6-9H2,1-5H3. The highest BCUT2D eigenvalue weighted by atomic mass is 16.5. The molecule has 2 heteroatoms. The van der Waals surface area contributed by atoms with E-state index in [1.165, 1.54) is 12.8 Å². The highest BCUT2D eigenvalue weighted by molar-refractivity contribution is 4.72. The maximum absolute atomic E-state index is 5.28. The molecule has 0 aliphatic rings. The Balaban J connectivity index is 4.21. The molecule has 0 bridgehead atoms. The molecule has 86 valence electrons. The summed E-state index contributed by atoms with van der Waals surface area (Å²) in [4.78, 5) is 0. The van der Waals surface area contributed by atoms with Gasteiger partial charge in [0.25, 0.3) is 0 Å². The lowest BCUT2D eigenvalue weighted by molar-refractivity contribution is 0.0441. The van der Waals surface area contributed by atoms with Gasteiger partial charge in [-0.3, -0.25) is 0 Å². The largest absolute Gasteiger partial charge is 0.384 e. The van der Waals surface area contributed by atoms with E-state index in [2.05, 4.69) is 20.8 Å². The van der Waals surface area contributed by atoms with Crippen LogP contribution in [0, 0.1) is 17.8 Å². The summed E-state index contributed by atoms with van der Waals surface area (Å²) in [6.07, 6.45) is 2.46. The molecule has 2 unspecified atom stereocenters. The van der Waals surface area contributed by atoms with Gasteiger partial charge >= 0.3 is 0 Å². The zero-order chi connectivity index (χ0) is 11.0. The Hall–Kier alpha value is -0.0800. The third kappa shape index (κ3) is 4.97. The molecule has 0 aliphatic heterocycles. The van der Waals surface area contributed by atoms with E-state index in [1.54, 1.807) is 14.2 Å². The molecule has 0 radical (unpaired) electrons. The minimum absolute atomic E-state index is 0.625. The maximum atomic E-state index is 5.28. The topological polar surface area (TPSA) is 18.5 Å². The first-order valence-corrected chi connectivity index (χ1v) is 5.65. The van der Waals surface area contributed by atoms with Gasteiger partial charge in [-0.05, 0) is 24.2 Å². The number of methoxy groups -OCH3 is 2. The van der Waals surface area contributed by atoms with E-state index in [4.69, 9.17) is 9.47 Å². The predicted molar refractivity (Wildman–Crippen MR) is 60.5 cm³/mol. The van der Waals surface area contributed by atoms with Crippen molar-refractivity contribution in [3.05, 3.63) is 0 Å². The molecule has 0 heterocycles. The van der Waals surface area contributed by atoms with Crippen molar-refractivity contribution >= 4 is 0 Å². The zero-order valence-electron chi connectivity index (χ0n) is 10.4. The van der Waals surface area contributed by atoms with Crippen LogP contribution in [0.1, 0.15) is 33.6 Å². The fraction of sp³-hybridized carbons (Fsp3) is 1.00. The third-order valence-electron chi connectivity index (χ3n) is 2.86. The van der Waals surface area contributed by atoms with E-state index >= 15 is 0 Å². The lowest BCUT2D eigenvalue weighted by Gasteiger charge is -2.29. The molecule has 0 N–H and O–H groups in total. The lowest BCUT2D eigenvalue weighted by atomic mass is 9.82. The molecule has 0 aromatic carbocycles. The van der Waals surface area contributed by atoms with Crippen molar-refractivity contribution in [1.82, 2.24) is 0 Å². The summed E-state index contributed by atoms with van der Waals surface area (Å²) in [5, 5.41) is 0. The normalized spacial score (nSPS) is 15.9. The van der Waals surface area contributed by atoms with E-state index in [0.717, 1.165) is 13.2 Å². The Labute approximate surface area is 89.0 Å². The van der Waals surface area contributed by atoms with Crippen molar-refractivity contribution in [1.29, 1.82) is 0 Å². The van der Waals surface area contributed by atoms with Gasteiger partial charge in [0.05, 0.1) is 0 Å². The van der Waals surface area contributed by atoms with Crippen LogP contribution in [0.4, 0.5) is 0 Å². The monoisotopic (exact) mass is 202 g/mol. The number of hydrogen-bond donors (Lipinski definition) is 0. The van der Waals surface area contributed by atoms with Crippen LogP contribution in [0.25, 0.3) is 0 Å². The average molecular weight is 202 g/mol. The van der Waals surface area contributed by atoms with Gasteiger partial charge in [-0.15, -0.1) is 0 Å². The van der Waals surface area contributed by atoms with Gasteiger partial charge < -0.3 is 9.47 Å². The molecule has 2 atom stereocenters. The van der Waals surface area contributed by atoms with Crippen LogP contribution in [-0.4, -0.2) is 27.4 Å². The number of hydrogen-bond acceptors (Lipinski definition) is 2. The summed E-state index contributed by atoms with van der Waals surface area (Å²) in [6.45, 7) is 8.47. The van der Waals surface area contributed by atoms with Gasteiger partial charge in [-0.25, -0.2) is 0 Å². The minimum atomic E-state index is 0.625. The zero-order valence-corrected chi connectivity index (χ0v) is 10.4. The fourth-order valence-electron chi connectivity index (χ4n) is 2.07. The average Bonchev–Trinajstić information content (AvgIpc) is 2.13. The summed E-state index contributed by atoms with van der Waals surface area (Å²) >= 11 is 0. The van der Waals surface area contributed by atoms with Crippen LogP contribution in [0.3, 0.4) is 0 Å². The van der Waals surface area contributed by atoms with Crippen molar-refractivity contribution in [2.75, 3.05) is 27.4 Å². The highest BCUT2D eigenvalue weighted by Crippen LogP contribution is 2.25. The van der Waals surface area contributed by atoms with Gasteiger partial charge in [0.15, 0.2) is 0 Å². The lowest BCUT2D eigenvalue weighted by Crippen LogP contribution is -2.28. The Morgan fingerprint density at radius 3 is 1.93 bits per heavy atom. The second-order valence-electron chi connectivity index (χ2n) is 4.37. The maximum Gasteiger partial charge on any atom is 0.0496 e. The van der Waals surface area contributed by atoms with E-state index < -0.39 is 0 Å². The molecule has 0 aliphatic carbocycles. The summed E-state index contributed by atoms with van der Waals surface area (Å²) in [5.74, 6) is 1.94. The van der Waals surface area contributed by atoms with Gasteiger partial charge in [-0.2, -0.15) is 0 Å². The highest BCUT2D eigenvalue weighted by Gasteiger charge is 2.23. The first-order chi connectivity index (χ1) is 6.67. The van der Waals surface area contributed by atoms with Crippen LogP contribution in [0.5, 0.6) is 0 Å². The van der Waals surface area contributed by atoms with Crippen molar-refractivity contribution in [3.8, 4) is 0 Å². The van der Waals surface area contributed by atoms with Crippen molar-refractivity contribution in [3.63, 3.8) is 0 Å². The van der Waals surface area contributed by atoms with Crippen molar-refractivity contribution in [2.45, 2.75) is 33.6 Å². The summed E-state index contributed by atoms with van der Waals surface area (Å²) in [6, 6.07) is 0. The molecule has 2 nitrogen and oxygen atoms in total. The smallest absolute Gasteiger partial charge is 0.0496 e. The van der Waals surface area contributed by atoms with Gasteiger partial charge in [-0.1, -0.05) is 27.2 Å². The van der Waals surface area contributed by atoms with Crippen LogP contribution >= 0.6 is 0 Å². The van der Waals surface area contributed by atoms with Gasteiger partial charge in [0.1, 0.15) is 0 Å². The molecule has 0 saturated carbocycles. The second-order valence-corrected chi connectivity index (χ2v) is 4.37. The first kappa shape index (κ1) is 13.9. The van der Waals surface area contributed by atoms with Crippen LogP contribution in [0.15, 0.2) is 0 Å². The Bertz CT molecular complexity index is 117. The quantitative estimate of drug-likeness (QED) is 0.602. The van der Waals surface area contributed by atoms with E-state index in [1.807, 2.05) is 0 Å². The van der Waals surface area contributed by atoms with Gasteiger partial charge in [0.2, 0.25) is 0 Å². The first-order valence-electron chi connectivity index (χ1n) is 5.65. The van der Waals surface area contributed by atoms with Crippen molar-refractivity contribution in [2.24, 2.45) is 17.8 Å². The Kier molecular flexibility index (Phi) is 8.20. The summed E-state index contributed by atoms with van der Waals surface area (Å²) < 4.78 is 10.6.